The van der Waals surface area contributed by atoms with E-state index in [0.717, 1.165) is 0 Å². The third-order valence-corrected chi connectivity index (χ3v) is 6.31. The molecule has 2 heterocycles. The van der Waals surface area contributed by atoms with E-state index in [4.69, 9.17) is 11.6 Å². The molecule has 1 aliphatic rings. The molecule has 0 saturated carbocycles. The highest BCUT2D eigenvalue weighted by Crippen LogP contribution is 2.31. The number of nitrogens with zero attached hydrogens (tertiary/aromatic N) is 2. The van der Waals surface area contributed by atoms with Crippen molar-refractivity contribution in [2.75, 3.05) is 11.5 Å². The maximum atomic E-state index is 13.8. The fraction of sp³-hybridized carbons (Fsp3) is 0.417. The molecule has 2 aromatic rings. The summed E-state index contributed by atoms with van der Waals surface area (Å²) >= 11 is 7.81. The van der Waals surface area contributed by atoms with Gasteiger partial charge in [0.1, 0.15) is 11.6 Å². The predicted octanol–water partition coefficient (Wildman–Crippen LogP) is 2.88. The van der Waals surface area contributed by atoms with Crippen LogP contribution in [0.3, 0.4) is 0 Å². The molecule has 1 aliphatic heterocycles. The Bertz CT molecular complexity index is 790. The summed E-state index contributed by atoms with van der Waals surface area (Å²) in [6.07, 6.45) is 0.519. The van der Waals surface area contributed by atoms with Crippen LogP contribution in [-0.4, -0.2) is 29.5 Å². The van der Waals surface area contributed by atoms with Crippen LogP contribution in [0.2, 0.25) is 0 Å². The van der Waals surface area contributed by atoms with Gasteiger partial charge in [-0.2, -0.15) is 0 Å². The van der Waals surface area contributed by atoms with Gasteiger partial charge < -0.3 is 4.57 Å². The Morgan fingerprint density at radius 2 is 2.25 bits per heavy atom. The van der Waals surface area contributed by atoms with E-state index in [0.29, 0.717) is 26.8 Å². The zero-order chi connectivity index (χ0) is 14.5. The van der Waals surface area contributed by atoms with Crippen molar-refractivity contribution in [3.8, 4) is 0 Å². The van der Waals surface area contributed by atoms with Crippen LogP contribution in [-0.2, 0) is 15.7 Å². The minimum atomic E-state index is -3.02. The second kappa shape index (κ2) is 5.10. The Balaban J connectivity index is 2.20. The topological polar surface area (TPSA) is 52.0 Å². The Morgan fingerprint density at radius 1 is 1.50 bits per heavy atom. The van der Waals surface area contributed by atoms with Crippen LogP contribution in [0, 0.1) is 9.39 Å². The molecule has 0 spiro atoms. The molecule has 0 aliphatic carbocycles. The van der Waals surface area contributed by atoms with Gasteiger partial charge in [-0.1, -0.05) is 0 Å². The average Bonchev–Trinajstić information content (AvgIpc) is 2.90. The number of hydrogen-bond acceptors (Lipinski definition) is 3. The second-order valence-electron chi connectivity index (χ2n) is 4.84. The first-order valence-corrected chi connectivity index (χ1v) is 9.47. The first-order valence-electron chi connectivity index (χ1n) is 6.03. The highest BCUT2D eigenvalue weighted by Gasteiger charge is 2.31. The smallest absolute Gasteiger partial charge is 0.152 e. The van der Waals surface area contributed by atoms with Gasteiger partial charge in [-0.05, 0) is 35.1 Å². The van der Waals surface area contributed by atoms with Gasteiger partial charge in [-0.25, -0.2) is 17.8 Å². The molecule has 8 heteroatoms. The summed E-state index contributed by atoms with van der Waals surface area (Å²) < 4.78 is 39.4. The molecule has 4 nitrogen and oxygen atoms in total. The van der Waals surface area contributed by atoms with E-state index in [-0.39, 0.29) is 29.2 Å². The molecule has 0 amide bonds. The van der Waals surface area contributed by atoms with E-state index in [2.05, 4.69) is 4.98 Å². The fourth-order valence-corrected chi connectivity index (χ4v) is 4.96. The Labute approximate surface area is 134 Å². The van der Waals surface area contributed by atoms with Crippen molar-refractivity contribution in [1.82, 2.24) is 9.55 Å². The highest BCUT2D eigenvalue weighted by molar-refractivity contribution is 14.1. The lowest BCUT2D eigenvalue weighted by molar-refractivity contribution is 0.552. The lowest BCUT2D eigenvalue weighted by atomic mass is 10.2. The third-order valence-electron chi connectivity index (χ3n) is 3.50. The number of aromatic nitrogens is 2. The molecular formula is C12H11ClFIN2O2S. The van der Waals surface area contributed by atoms with Gasteiger partial charge in [-0.3, -0.25) is 0 Å². The van der Waals surface area contributed by atoms with E-state index in [9.17, 15) is 12.8 Å². The zero-order valence-corrected chi connectivity index (χ0v) is 14.0. The standard InChI is InChI=1S/C12H11ClFIN2O2S/c13-5-12-16-10-4-9(15)8(14)3-11(10)17(12)7-1-2-20(18,19)6-7/h3-4,7H,1-2,5-6H2. The van der Waals surface area contributed by atoms with Gasteiger partial charge in [0.15, 0.2) is 9.84 Å². The molecule has 1 unspecified atom stereocenters. The van der Waals surface area contributed by atoms with Gasteiger partial charge in [0.25, 0.3) is 0 Å². The number of halogens is 3. The number of benzene rings is 1. The average molecular weight is 429 g/mol. The summed E-state index contributed by atoms with van der Waals surface area (Å²) in [5, 5.41) is 0. The number of sulfone groups is 1. The number of hydrogen-bond donors (Lipinski definition) is 0. The summed E-state index contributed by atoms with van der Waals surface area (Å²) in [6.45, 7) is 0. The lowest BCUT2D eigenvalue weighted by Gasteiger charge is -2.14. The summed E-state index contributed by atoms with van der Waals surface area (Å²) in [7, 11) is -3.02. The SMILES string of the molecule is O=S1(=O)CCC(n2c(CCl)nc3cc(I)c(F)cc32)C1. The quantitative estimate of drug-likeness (QED) is 0.546. The van der Waals surface area contributed by atoms with Crippen LogP contribution in [0.1, 0.15) is 18.3 Å². The van der Waals surface area contributed by atoms with Crippen molar-refractivity contribution in [3.63, 3.8) is 0 Å². The van der Waals surface area contributed by atoms with Crippen LogP contribution < -0.4 is 0 Å². The largest absolute Gasteiger partial charge is 0.323 e. The van der Waals surface area contributed by atoms with Crippen LogP contribution >= 0.6 is 34.2 Å². The Kier molecular flexibility index (Phi) is 3.70. The molecule has 1 atom stereocenters. The monoisotopic (exact) mass is 428 g/mol. The minimum absolute atomic E-state index is 0.0654. The molecule has 0 N–H and O–H groups in total. The van der Waals surface area contributed by atoms with Gasteiger partial charge in [-0.15, -0.1) is 11.6 Å². The summed E-state index contributed by atoms with van der Waals surface area (Å²) in [6, 6.07) is 2.85. The molecule has 3 rings (SSSR count). The van der Waals surface area contributed by atoms with E-state index in [1.165, 1.54) is 6.07 Å². The third kappa shape index (κ3) is 2.43. The number of fused-ring (bicyclic) bond motifs is 1. The molecule has 1 fully saturated rings. The maximum Gasteiger partial charge on any atom is 0.152 e. The van der Waals surface area contributed by atoms with E-state index in [1.54, 1.807) is 10.6 Å². The summed E-state index contributed by atoms with van der Waals surface area (Å²) in [5.74, 6) is 0.650. The molecular weight excluding hydrogens is 418 g/mol. The minimum Gasteiger partial charge on any atom is -0.323 e. The predicted molar refractivity (Wildman–Crippen MR) is 84.3 cm³/mol. The number of rotatable bonds is 2. The second-order valence-corrected chi connectivity index (χ2v) is 8.50. The normalized spacial score (nSPS) is 21.6. The molecule has 108 valence electrons. The van der Waals surface area contributed by atoms with Crippen LogP contribution in [0.5, 0.6) is 0 Å². The van der Waals surface area contributed by atoms with Crippen molar-refractivity contribution in [1.29, 1.82) is 0 Å². The maximum absolute atomic E-state index is 13.8. The molecule has 0 radical (unpaired) electrons. The van der Waals surface area contributed by atoms with Crippen LogP contribution in [0.15, 0.2) is 12.1 Å². The van der Waals surface area contributed by atoms with Gasteiger partial charge >= 0.3 is 0 Å². The van der Waals surface area contributed by atoms with Crippen molar-refractivity contribution in [3.05, 3.63) is 27.3 Å². The first-order chi connectivity index (χ1) is 9.41. The molecule has 1 aromatic carbocycles. The van der Waals surface area contributed by atoms with Crippen molar-refractivity contribution < 1.29 is 12.8 Å². The van der Waals surface area contributed by atoms with Crippen molar-refractivity contribution >= 4 is 55.1 Å². The molecule has 20 heavy (non-hydrogen) atoms. The zero-order valence-electron chi connectivity index (χ0n) is 10.3. The van der Waals surface area contributed by atoms with E-state index >= 15 is 0 Å². The first kappa shape index (κ1) is 14.5. The number of imidazole rings is 1. The van der Waals surface area contributed by atoms with Gasteiger partial charge in [0.2, 0.25) is 0 Å². The highest BCUT2D eigenvalue weighted by atomic mass is 127. The van der Waals surface area contributed by atoms with E-state index < -0.39 is 9.84 Å². The Hall–Kier alpha value is -0.410. The summed E-state index contributed by atoms with van der Waals surface area (Å²) in [4.78, 5) is 4.39. The van der Waals surface area contributed by atoms with Crippen LogP contribution in [0.25, 0.3) is 11.0 Å². The summed E-state index contributed by atoms with van der Waals surface area (Å²) in [5.41, 5.74) is 1.26. The lowest BCUT2D eigenvalue weighted by Crippen LogP contribution is -2.13. The van der Waals surface area contributed by atoms with Gasteiger partial charge in [0, 0.05) is 6.07 Å². The number of alkyl halides is 1. The van der Waals surface area contributed by atoms with E-state index in [1.807, 2.05) is 22.6 Å². The fourth-order valence-electron chi connectivity index (χ4n) is 2.62. The molecule has 1 saturated heterocycles. The van der Waals surface area contributed by atoms with Crippen molar-refractivity contribution in [2.45, 2.75) is 18.3 Å². The molecule has 1 aromatic heterocycles. The Morgan fingerprint density at radius 3 is 2.85 bits per heavy atom. The van der Waals surface area contributed by atoms with Crippen molar-refractivity contribution in [2.24, 2.45) is 0 Å². The van der Waals surface area contributed by atoms with Crippen LogP contribution in [0.4, 0.5) is 4.39 Å². The van der Waals surface area contributed by atoms with Gasteiger partial charge in [0.05, 0.1) is 38.0 Å². The molecule has 0 bridgehead atoms.